The Labute approximate surface area is 167 Å². The third-order valence-electron chi connectivity index (χ3n) is 3.99. The van der Waals surface area contributed by atoms with Crippen LogP contribution in [0, 0.1) is 6.92 Å². The largest absolute Gasteiger partial charge is 0.504 e. The minimum Gasteiger partial charge on any atom is -0.504 e. The number of anilines is 2. The molecule has 0 saturated heterocycles. The smallest absolute Gasteiger partial charge is 0.255 e. The highest BCUT2D eigenvalue weighted by atomic mass is 32.2. The van der Waals surface area contributed by atoms with Crippen molar-refractivity contribution < 1.29 is 23.4 Å². The number of aromatic hydroxyl groups is 2. The molecule has 4 N–H and O–H groups in total. The van der Waals surface area contributed by atoms with Gasteiger partial charge in [-0.3, -0.25) is 9.52 Å². The second-order valence-corrected chi connectivity index (χ2v) is 8.16. The maximum Gasteiger partial charge on any atom is 0.255 e. The van der Waals surface area contributed by atoms with Gasteiger partial charge in [-0.05, 0) is 36.8 Å². The van der Waals surface area contributed by atoms with Crippen molar-refractivity contribution >= 4 is 27.4 Å². The van der Waals surface area contributed by atoms with Crippen molar-refractivity contribution in [3.05, 3.63) is 77.5 Å². The molecule has 3 aromatic rings. The molecular weight excluding hydrogens is 394 g/mol. The lowest BCUT2D eigenvalue weighted by atomic mass is 10.2. The number of phenols is 2. The normalized spacial score (nSPS) is 11.1. The Kier molecular flexibility index (Phi) is 5.69. The summed E-state index contributed by atoms with van der Waals surface area (Å²) in [5.74, 6) is -1.42. The summed E-state index contributed by atoms with van der Waals surface area (Å²) in [5, 5.41) is 21.4. The van der Waals surface area contributed by atoms with Crippen LogP contribution in [-0.4, -0.2) is 29.5 Å². The first-order chi connectivity index (χ1) is 13.7. The fourth-order valence-corrected chi connectivity index (χ4v) is 3.66. The van der Waals surface area contributed by atoms with Gasteiger partial charge >= 0.3 is 0 Å². The predicted molar refractivity (Wildman–Crippen MR) is 109 cm³/mol. The van der Waals surface area contributed by atoms with Gasteiger partial charge in [0.25, 0.3) is 5.91 Å². The topological polar surface area (TPSA) is 129 Å². The molecule has 1 amide bonds. The van der Waals surface area contributed by atoms with Crippen LogP contribution in [0.1, 0.15) is 21.5 Å². The first-order valence-corrected chi connectivity index (χ1v) is 10.2. The summed E-state index contributed by atoms with van der Waals surface area (Å²) in [6.45, 7) is 1.91. The van der Waals surface area contributed by atoms with Gasteiger partial charge in [0.1, 0.15) is 5.82 Å². The Morgan fingerprint density at radius 1 is 1.00 bits per heavy atom. The zero-order chi connectivity index (χ0) is 21.0. The number of benzene rings is 2. The Hall–Kier alpha value is -3.59. The van der Waals surface area contributed by atoms with E-state index in [2.05, 4.69) is 15.0 Å². The highest BCUT2D eigenvalue weighted by molar-refractivity contribution is 7.91. The molecule has 2 aromatic carbocycles. The van der Waals surface area contributed by atoms with E-state index in [9.17, 15) is 23.4 Å². The van der Waals surface area contributed by atoms with Crippen LogP contribution in [0.2, 0.25) is 0 Å². The SMILES string of the molecule is Cc1ccc(CS(=O)(=O)Nc2cc(C(=O)Nc3ccc(O)c(O)c3)ccn2)cc1. The zero-order valence-electron chi connectivity index (χ0n) is 15.5. The van der Waals surface area contributed by atoms with E-state index in [0.717, 1.165) is 5.56 Å². The fourth-order valence-electron chi connectivity index (χ4n) is 2.53. The van der Waals surface area contributed by atoms with Gasteiger partial charge in [-0.25, -0.2) is 13.4 Å². The first kappa shape index (κ1) is 20.2. The molecule has 150 valence electrons. The van der Waals surface area contributed by atoms with Gasteiger partial charge in [-0.2, -0.15) is 0 Å². The van der Waals surface area contributed by atoms with Gasteiger partial charge in [-0.1, -0.05) is 29.8 Å². The zero-order valence-corrected chi connectivity index (χ0v) is 16.3. The number of aromatic nitrogens is 1. The minimum atomic E-state index is -3.72. The van der Waals surface area contributed by atoms with Crippen molar-refractivity contribution in [2.24, 2.45) is 0 Å². The van der Waals surface area contributed by atoms with Crippen LogP contribution in [0.3, 0.4) is 0 Å². The fraction of sp³-hybridized carbons (Fsp3) is 0.100. The average Bonchev–Trinajstić information content (AvgIpc) is 2.66. The van der Waals surface area contributed by atoms with Crippen LogP contribution < -0.4 is 10.0 Å². The van der Waals surface area contributed by atoms with E-state index >= 15 is 0 Å². The summed E-state index contributed by atoms with van der Waals surface area (Å²) < 4.78 is 27.2. The van der Waals surface area contributed by atoms with E-state index in [-0.39, 0.29) is 34.3 Å². The van der Waals surface area contributed by atoms with Crippen molar-refractivity contribution in [1.29, 1.82) is 0 Å². The highest BCUT2D eigenvalue weighted by Crippen LogP contribution is 2.27. The van der Waals surface area contributed by atoms with E-state index in [4.69, 9.17) is 0 Å². The molecular formula is C20H19N3O5S. The monoisotopic (exact) mass is 413 g/mol. The molecule has 0 aliphatic rings. The highest BCUT2D eigenvalue weighted by Gasteiger charge is 2.15. The number of aryl methyl sites for hydroxylation is 1. The molecule has 0 aliphatic heterocycles. The van der Waals surface area contributed by atoms with Crippen molar-refractivity contribution in [3.63, 3.8) is 0 Å². The third-order valence-corrected chi connectivity index (χ3v) is 5.23. The summed E-state index contributed by atoms with van der Waals surface area (Å²) in [5.41, 5.74) is 2.09. The van der Waals surface area contributed by atoms with Crippen LogP contribution in [0.15, 0.2) is 60.8 Å². The number of carbonyl (C=O) groups is 1. The van der Waals surface area contributed by atoms with Gasteiger partial charge in [0.15, 0.2) is 11.5 Å². The lowest BCUT2D eigenvalue weighted by Crippen LogP contribution is -2.17. The molecule has 8 nitrogen and oxygen atoms in total. The average molecular weight is 413 g/mol. The summed E-state index contributed by atoms with van der Waals surface area (Å²) >= 11 is 0. The molecule has 3 rings (SSSR count). The van der Waals surface area contributed by atoms with Gasteiger partial charge in [0, 0.05) is 23.5 Å². The quantitative estimate of drug-likeness (QED) is 0.363. The van der Waals surface area contributed by atoms with E-state index < -0.39 is 15.9 Å². The number of rotatable bonds is 6. The molecule has 9 heteroatoms. The Morgan fingerprint density at radius 3 is 2.41 bits per heavy atom. The number of pyridine rings is 1. The number of sulfonamides is 1. The lowest BCUT2D eigenvalue weighted by molar-refractivity contribution is 0.102. The van der Waals surface area contributed by atoms with E-state index in [1.54, 1.807) is 12.1 Å². The molecule has 0 fully saturated rings. The van der Waals surface area contributed by atoms with Crippen LogP contribution in [0.25, 0.3) is 0 Å². The van der Waals surface area contributed by atoms with Crippen LogP contribution in [0.4, 0.5) is 11.5 Å². The number of hydrogen-bond acceptors (Lipinski definition) is 6. The van der Waals surface area contributed by atoms with E-state index in [1.807, 2.05) is 19.1 Å². The minimum absolute atomic E-state index is 0.0123. The summed E-state index contributed by atoms with van der Waals surface area (Å²) in [7, 11) is -3.72. The molecule has 0 radical (unpaired) electrons. The Balaban J connectivity index is 1.71. The molecule has 0 atom stereocenters. The molecule has 29 heavy (non-hydrogen) atoms. The van der Waals surface area contributed by atoms with Crippen molar-refractivity contribution in [3.8, 4) is 11.5 Å². The molecule has 0 aliphatic carbocycles. The number of nitrogens with one attached hydrogen (secondary N) is 2. The lowest BCUT2D eigenvalue weighted by Gasteiger charge is -2.10. The van der Waals surface area contributed by atoms with Crippen molar-refractivity contribution in [1.82, 2.24) is 4.98 Å². The Morgan fingerprint density at radius 2 is 1.72 bits per heavy atom. The van der Waals surface area contributed by atoms with Gasteiger partial charge in [-0.15, -0.1) is 0 Å². The molecule has 0 bridgehead atoms. The number of nitrogens with zero attached hydrogens (tertiary/aromatic N) is 1. The predicted octanol–water partition coefficient (Wildman–Crippen LogP) is 3.00. The van der Waals surface area contributed by atoms with Crippen LogP contribution in [0.5, 0.6) is 11.5 Å². The number of phenolic OH excluding ortho intramolecular Hbond substituents is 2. The molecule has 0 saturated carbocycles. The van der Waals surface area contributed by atoms with Crippen molar-refractivity contribution in [2.75, 3.05) is 10.0 Å². The van der Waals surface area contributed by atoms with Gasteiger partial charge < -0.3 is 15.5 Å². The van der Waals surface area contributed by atoms with Crippen LogP contribution in [-0.2, 0) is 15.8 Å². The van der Waals surface area contributed by atoms with Gasteiger partial charge in [0.05, 0.1) is 5.75 Å². The molecule has 1 heterocycles. The van der Waals surface area contributed by atoms with E-state index in [0.29, 0.717) is 5.56 Å². The van der Waals surface area contributed by atoms with Gasteiger partial charge in [0.2, 0.25) is 10.0 Å². The van der Waals surface area contributed by atoms with Crippen LogP contribution >= 0.6 is 0 Å². The third kappa shape index (κ3) is 5.45. The Bertz CT molecular complexity index is 1150. The van der Waals surface area contributed by atoms with E-state index in [1.165, 1.54) is 36.5 Å². The molecule has 1 aromatic heterocycles. The number of amides is 1. The second-order valence-electron chi connectivity index (χ2n) is 6.43. The first-order valence-electron chi connectivity index (χ1n) is 8.57. The summed E-state index contributed by atoms with van der Waals surface area (Å²) in [4.78, 5) is 16.3. The van der Waals surface area contributed by atoms with Crippen molar-refractivity contribution in [2.45, 2.75) is 12.7 Å². The molecule has 0 spiro atoms. The standard InChI is InChI=1S/C20H19N3O5S/c1-13-2-4-14(5-3-13)12-29(27,28)23-19-10-15(8-9-21-19)20(26)22-16-6-7-17(24)18(25)11-16/h2-11,24-25H,12H2,1H3,(H,21,23)(H,22,26). The second kappa shape index (κ2) is 8.19. The molecule has 0 unspecified atom stereocenters. The summed E-state index contributed by atoms with van der Waals surface area (Å²) in [6.07, 6.45) is 1.31. The summed E-state index contributed by atoms with van der Waals surface area (Å²) in [6, 6.07) is 13.7. The number of carbonyl (C=O) groups excluding carboxylic acids is 1. The maximum atomic E-state index is 12.4. The number of hydrogen-bond donors (Lipinski definition) is 4. The maximum absolute atomic E-state index is 12.4.